The molecule has 0 aliphatic carbocycles. The molecule has 11 heteroatoms. The normalized spacial score (nSPS) is 13.2. The van der Waals surface area contributed by atoms with Gasteiger partial charge >= 0.3 is 6.09 Å². The molecule has 204 valence electrons. The summed E-state index contributed by atoms with van der Waals surface area (Å²) in [6.07, 6.45) is 0.571. The van der Waals surface area contributed by atoms with Crippen molar-refractivity contribution in [2.45, 2.75) is 78.1 Å². The number of nitrogens with zero attached hydrogens (tertiary/aromatic N) is 2. The van der Waals surface area contributed by atoms with Crippen molar-refractivity contribution in [3.63, 3.8) is 0 Å². The van der Waals surface area contributed by atoms with Gasteiger partial charge in [0.1, 0.15) is 25.1 Å². The highest BCUT2D eigenvalue weighted by Gasteiger charge is 2.30. The fourth-order valence-electron chi connectivity index (χ4n) is 3.57. The van der Waals surface area contributed by atoms with Crippen molar-refractivity contribution in [2.75, 3.05) is 6.61 Å². The Morgan fingerprint density at radius 2 is 1.46 bits per heavy atom. The number of hydrogen-bond donors (Lipinski definition) is 4. The minimum atomic E-state index is -1.01. The lowest BCUT2D eigenvalue weighted by Gasteiger charge is -2.26. The van der Waals surface area contributed by atoms with E-state index in [-0.39, 0.29) is 44.3 Å². The molecule has 0 saturated carbocycles. The van der Waals surface area contributed by atoms with E-state index in [9.17, 15) is 24.3 Å². The number of nitrogens with one attached hydrogen (secondary N) is 3. The maximum atomic E-state index is 13.2. The molecule has 4 N–H and O–H groups in total. The summed E-state index contributed by atoms with van der Waals surface area (Å²) in [5, 5.41) is 17.2. The molecule has 1 aromatic carbocycles. The zero-order valence-electron chi connectivity index (χ0n) is 22.0. The summed E-state index contributed by atoms with van der Waals surface area (Å²) in [5.41, 5.74) is 9.36. The number of hydrogen-bond acceptors (Lipinski definition) is 6. The second-order valence-electron chi connectivity index (χ2n) is 9.62. The number of ether oxygens (including phenoxy) is 1. The van der Waals surface area contributed by atoms with Gasteiger partial charge in [0.25, 0.3) is 6.21 Å². The molecule has 0 unspecified atom stereocenters. The van der Waals surface area contributed by atoms with Crippen LogP contribution in [-0.4, -0.2) is 64.5 Å². The molecule has 37 heavy (non-hydrogen) atoms. The molecule has 0 radical (unpaired) electrons. The van der Waals surface area contributed by atoms with Gasteiger partial charge < -0.3 is 31.3 Å². The summed E-state index contributed by atoms with van der Waals surface area (Å²) in [6, 6.07) is 6.18. The number of alkyl carbamates (subject to hydrolysis) is 1. The first-order valence-corrected chi connectivity index (χ1v) is 12.4. The Morgan fingerprint density at radius 3 is 1.97 bits per heavy atom. The number of Topliss-reactive ketones (excluding diaryl/α,β-unsaturated/α-hetero) is 1. The maximum absolute atomic E-state index is 13.2. The van der Waals surface area contributed by atoms with Gasteiger partial charge in [-0.3, -0.25) is 14.4 Å². The van der Waals surface area contributed by atoms with E-state index in [0.717, 1.165) is 11.8 Å². The third kappa shape index (κ3) is 12.8. The molecule has 1 aromatic rings. The van der Waals surface area contributed by atoms with Crippen LogP contribution < -0.4 is 16.0 Å². The van der Waals surface area contributed by atoms with Crippen LogP contribution >= 0.6 is 0 Å². The molecule has 0 fully saturated rings. The Bertz CT molecular complexity index is 931. The van der Waals surface area contributed by atoms with E-state index in [2.05, 4.69) is 20.7 Å². The van der Waals surface area contributed by atoms with E-state index in [4.69, 9.17) is 10.3 Å². The third-order valence-corrected chi connectivity index (χ3v) is 5.37. The van der Waals surface area contributed by atoms with Crippen molar-refractivity contribution in [3.05, 3.63) is 41.4 Å². The number of carbonyl (C=O) groups excluding carboxylic acids is 4. The predicted molar refractivity (Wildman–Crippen MR) is 137 cm³/mol. The van der Waals surface area contributed by atoms with Crippen LogP contribution in [0.4, 0.5) is 4.79 Å². The van der Waals surface area contributed by atoms with Crippen LogP contribution in [0.5, 0.6) is 0 Å². The summed E-state index contributed by atoms with van der Waals surface area (Å²) in [4.78, 5) is 53.7. The monoisotopic (exact) mass is 517 g/mol. The van der Waals surface area contributed by atoms with Gasteiger partial charge in [-0.05, 0) is 36.7 Å². The Labute approximate surface area is 218 Å². The topological polar surface area (TPSA) is 170 Å². The van der Waals surface area contributed by atoms with Crippen molar-refractivity contribution < 1.29 is 33.8 Å². The van der Waals surface area contributed by atoms with E-state index in [1.165, 1.54) is 0 Å². The number of rotatable bonds is 16. The highest BCUT2D eigenvalue weighted by atomic mass is 16.5. The van der Waals surface area contributed by atoms with Crippen LogP contribution in [-0.2, 0) is 25.7 Å². The lowest BCUT2D eigenvalue weighted by atomic mass is 9.99. The molecule has 0 heterocycles. The first-order valence-electron chi connectivity index (χ1n) is 12.4. The van der Waals surface area contributed by atoms with Crippen molar-refractivity contribution in [2.24, 2.45) is 11.8 Å². The zero-order chi connectivity index (χ0) is 27.8. The van der Waals surface area contributed by atoms with E-state index >= 15 is 0 Å². The Kier molecular flexibility index (Phi) is 14.5. The number of ketones is 1. The van der Waals surface area contributed by atoms with Crippen molar-refractivity contribution in [1.29, 1.82) is 0 Å². The van der Waals surface area contributed by atoms with E-state index in [0.29, 0.717) is 6.42 Å². The van der Waals surface area contributed by atoms with E-state index in [1.807, 2.05) is 58.0 Å². The van der Waals surface area contributed by atoms with Gasteiger partial charge in [0.05, 0.1) is 6.04 Å². The zero-order valence-corrected chi connectivity index (χ0v) is 22.0. The summed E-state index contributed by atoms with van der Waals surface area (Å²) < 4.78 is 5.25. The average molecular weight is 518 g/mol. The molecule has 11 nitrogen and oxygen atoms in total. The summed E-state index contributed by atoms with van der Waals surface area (Å²) in [7, 11) is 0. The molecule has 0 aromatic heterocycles. The molecular formula is C26H39N5O6. The molecule has 3 atom stereocenters. The average Bonchev–Trinajstić information content (AvgIpc) is 2.84. The predicted octanol–water partition coefficient (Wildman–Crippen LogP) is 1.99. The number of aliphatic hydroxyl groups excluding tert-OH is 1. The SMILES string of the molecule is CC(C)C[C@H](NC(=O)OCc1ccccc1)C(=O)N[C@@H](CC(C)C)C(=O)N[C@@H](CCO)C(=O)CC=[N+]=[N-]. The molecule has 3 amide bonds. The van der Waals surface area contributed by atoms with Gasteiger partial charge in [-0.25, -0.2) is 4.79 Å². The minimum Gasteiger partial charge on any atom is -0.445 e. The van der Waals surface area contributed by atoms with Crippen LogP contribution in [0.1, 0.15) is 58.9 Å². The number of benzene rings is 1. The van der Waals surface area contributed by atoms with Crippen LogP contribution in [0, 0.1) is 11.8 Å². The largest absolute Gasteiger partial charge is 0.445 e. The molecular weight excluding hydrogens is 478 g/mol. The molecule has 0 bridgehead atoms. The van der Waals surface area contributed by atoms with Crippen molar-refractivity contribution in [3.8, 4) is 0 Å². The standard InChI is InChI=1S/C26H39N5O6/c1-17(2)14-21(24(34)29-20(11-13-32)23(33)10-12-28-27)30-25(35)22(15-18(3)4)31-26(36)37-16-19-8-6-5-7-9-19/h5-9,12,17-18,20-22,32H,10-11,13-16H2,1-4H3,(H,29,34)(H,30,35)(H,31,36)/t20-,21-,22-/m0/s1. The number of carbonyl (C=O) groups is 4. The molecule has 0 aliphatic rings. The highest BCUT2D eigenvalue weighted by Crippen LogP contribution is 2.10. The van der Waals surface area contributed by atoms with Crippen molar-refractivity contribution >= 4 is 29.9 Å². The molecule has 0 aliphatic heterocycles. The molecule has 0 spiro atoms. The van der Waals surface area contributed by atoms with Crippen molar-refractivity contribution in [1.82, 2.24) is 16.0 Å². The summed E-state index contributed by atoms with van der Waals surface area (Å²) in [6.45, 7) is 7.26. The Morgan fingerprint density at radius 1 is 0.919 bits per heavy atom. The first-order chi connectivity index (χ1) is 17.6. The minimum absolute atomic E-state index is 0.0249. The fourth-order valence-corrected chi connectivity index (χ4v) is 3.57. The third-order valence-electron chi connectivity index (χ3n) is 5.37. The van der Waals surface area contributed by atoms with Gasteiger partial charge in [-0.15, -0.1) is 0 Å². The Hall–Kier alpha value is -3.56. The van der Waals surface area contributed by atoms with E-state index in [1.54, 1.807) is 0 Å². The maximum Gasteiger partial charge on any atom is 0.408 e. The van der Waals surface area contributed by atoms with Crippen LogP contribution in [0.15, 0.2) is 30.3 Å². The van der Waals surface area contributed by atoms with Gasteiger partial charge in [0.2, 0.25) is 11.8 Å². The first kappa shape index (κ1) is 31.5. The van der Waals surface area contributed by atoms with Crippen LogP contribution in [0.2, 0.25) is 0 Å². The molecule has 1 rings (SSSR count). The smallest absolute Gasteiger partial charge is 0.408 e. The second kappa shape index (κ2) is 17.0. The van der Waals surface area contributed by atoms with Gasteiger partial charge in [0, 0.05) is 6.61 Å². The lowest BCUT2D eigenvalue weighted by molar-refractivity contribution is -0.132. The lowest BCUT2D eigenvalue weighted by Crippen LogP contribution is -2.56. The highest BCUT2D eigenvalue weighted by molar-refractivity contribution is 5.97. The van der Waals surface area contributed by atoms with Gasteiger partial charge in [-0.2, -0.15) is 4.79 Å². The molecule has 0 saturated heterocycles. The Balaban J connectivity index is 2.92. The fraction of sp³-hybridized carbons (Fsp3) is 0.577. The number of aliphatic hydroxyl groups is 1. The summed E-state index contributed by atoms with van der Waals surface area (Å²) in [5.74, 6) is -1.51. The van der Waals surface area contributed by atoms with Gasteiger partial charge in [-0.1, -0.05) is 58.0 Å². The van der Waals surface area contributed by atoms with E-state index < -0.39 is 41.8 Å². The van der Waals surface area contributed by atoms with Crippen LogP contribution in [0.3, 0.4) is 0 Å². The quantitative estimate of drug-likeness (QED) is 0.148. The number of amides is 3. The second-order valence-corrected chi connectivity index (χ2v) is 9.62. The van der Waals surface area contributed by atoms with Gasteiger partial charge in [0.15, 0.2) is 5.78 Å². The van der Waals surface area contributed by atoms with Crippen LogP contribution in [0.25, 0.3) is 5.53 Å². The summed E-state index contributed by atoms with van der Waals surface area (Å²) >= 11 is 0.